The van der Waals surface area contributed by atoms with Gasteiger partial charge in [0, 0.05) is 17.8 Å². The van der Waals surface area contributed by atoms with Gasteiger partial charge in [0.1, 0.15) is 11.4 Å². The minimum Gasteiger partial charge on any atom is -0.497 e. The third kappa shape index (κ3) is 4.67. The Morgan fingerprint density at radius 3 is 2.68 bits per heavy atom. The number of nitrogens with two attached hydrogens (primary N) is 1. The van der Waals surface area contributed by atoms with Crippen molar-refractivity contribution in [2.24, 2.45) is 0 Å². The lowest BCUT2D eigenvalue weighted by molar-refractivity contribution is -0.383. The predicted molar refractivity (Wildman–Crippen MR) is 89.4 cm³/mol. The van der Waals surface area contributed by atoms with Crippen LogP contribution in [0.5, 0.6) is 5.75 Å². The van der Waals surface area contributed by atoms with Crippen LogP contribution < -0.4 is 15.8 Å². The van der Waals surface area contributed by atoms with Crippen LogP contribution in [-0.2, 0) is 9.53 Å². The Bertz CT molecular complexity index is 821. The SMILES string of the molecule is COc1cccc(NC(=O)COC(=O)c2ccc(N)c([N+](=O)[O-])c2)c1. The fourth-order valence-electron chi connectivity index (χ4n) is 1.94. The molecule has 0 aliphatic carbocycles. The number of ether oxygens (including phenoxy) is 2. The molecule has 2 aromatic rings. The van der Waals surface area contributed by atoms with Crippen molar-refractivity contribution in [3.63, 3.8) is 0 Å². The number of nitrogen functional groups attached to an aromatic ring is 1. The summed E-state index contributed by atoms with van der Waals surface area (Å²) in [6.07, 6.45) is 0. The van der Waals surface area contributed by atoms with Gasteiger partial charge in [-0.1, -0.05) is 6.07 Å². The van der Waals surface area contributed by atoms with Crippen LogP contribution in [0.25, 0.3) is 0 Å². The number of rotatable bonds is 6. The molecule has 3 N–H and O–H groups in total. The van der Waals surface area contributed by atoms with Gasteiger partial charge in [0.2, 0.25) is 0 Å². The molecule has 0 atom stereocenters. The van der Waals surface area contributed by atoms with Crippen molar-refractivity contribution in [3.05, 3.63) is 58.1 Å². The normalized spacial score (nSPS) is 9.96. The number of nitro benzene ring substituents is 1. The number of nitrogens with zero attached hydrogens (tertiary/aromatic N) is 1. The first kappa shape index (κ1) is 17.7. The van der Waals surface area contributed by atoms with Gasteiger partial charge >= 0.3 is 5.97 Å². The molecule has 1 amide bonds. The molecule has 2 rings (SSSR count). The summed E-state index contributed by atoms with van der Waals surface area (Å²) in [4.78, 5) is 33.8. The van der Waals surface area contributed by atoms with E-state index in [4.69, 9.17) is 15.2 Å². The zero-order valence-electron chi connectivity index (χ0n) is 13.2. The number of carbonyl (C=O) groups is 2. The third-order valence-corrected chi connectivity index (χ3v) is 3.15. The quantitative estimate of drug-likeness (QED) is 0.354. The smallest absolute Gasteiger partial charge is 0.338 e. The second-order valence-electron chi connectivity index (χ2n) is 4.89. The van der Waals surface area contributed by atoms with Crippen LogP contribution in [0.4, 0.5) is 17.1 Å². The number of anilines is 2. The predicted octanol–water partition coefficient (Wildman–Crippen LogP) is 1.98. The number of nitro groups is 1. The van der Waals surface area contributed by atoms with Crippen molar-refractivity contribution in [2.45, 2.75) is 0 Å². The molecule has 0 saturated carbocycles. The van der Waals surface area contributed by atoms with Crippen molar-refractivity contribution in [1.29, 1.82) is 0 Å². The van der Waals surface area contributed by atoms with Crippen LogP contribution in [0, 0.1) is 10.1 Å². The topological polar surface area (TPSA) is 134 Å². The van der Waals surface area contributed by atoms with E-state index in [-0.39, 0.29) is 11.3 Å². The summed E-state index contributed by atoms with van der Waals surface area (Å²) < 4.78 is 9.88. The van der Waals surface area contributed by atoms with Gasteiger partial charge in [0.25, 0.3) is 11.6 Å². The molecule has 9 nitrogen and oxygen atoms in total. The second-order valence-corrected chi connectivity index (χ2v) is 4.89. The van der Waals surface area contributed by atoms with Gasteiger partial charge in [0.15, 0.2) is 6.61 Å². The molecule has 0 radical (unpaired) electrons. The molecule has 0 unspecified atom stereocenters. The van der Waals surface area contributed by atoms with E-state index in [9.17, 15) is 19.7 Å². The Morgan fingerprint density at radius 1 is 1.24 bits per heavy atom. The fraction of sp³-hybridized carbons (Fsp3) is 0.125. The Balaban J connectivity index is 1.96. The number of hydrogen-bond acceptors (Lipinski definition) is 7. The van der Waals surface area contributed by atoms with Gasteiger partial charge in [-0.15, -0.1) is 0 Å². The van der Waals surface area contributed by atoms with E-state index < -0.39 is 29.1 Å². The summed E-state index contributed by atoms with van der Waals surface area (Å²) in [7, 11) is 1.49. The van der Waals surface area contributed by atoms with Crippen LogP contribution in [-0.4, -0.2) is 30.5 Å². The van der Waals surface area contributed by atoms with Crippen molar-refractivity contribution in [3.8, 4) is 5.75 Å². The Morgan fingerprint density at radius 2 is 2.00 bits per heavy atom. The number of carbonyl (C=O) groups excluding carboxylic acids is 2. The highest BCUT2D eigenvalue weighted by Crippen LogP contribution is 2.22. The number of amides is 1. The third-order valence-electron chi connectivity index (χ3n) is 3.15. The van der Waals surface area contributed by atoms with Gasteiger partial charge < -0.3 is 20.5 Å². The lowest BCUT2D eigenvalue weighted by Crippen LogP contribution is -2.21. The highest BCUT2D eigenvalue weighted by Gasteiger charge is 2.17. The first-order chi connectivity index (χ1) is 11.9. The monoisotopic (exact) mass is 345 g/mol. The molecular formula is C16H15N3O6. The van der Waals surface area contributed by atoms with Crippen LogP contribution in [0.15, 0.2) is 42.5 Å². The Labute approximate surface area is 142 Å². The van der Waals surface area contributed by atoms with Gasteiger partial charge in [0.05, 0.1) is 17.6 Å². The molecule has 9 heteroatoms. The average molecular weight is 345 g/mol. The second kappa shape index (κ2) is 7.77. The van der Waals surface area contributed by atoms with E-state index in [1.807, 2.05) is 0 Å². The molecule has 25 heavy (non-hydrogen) atoms. The van der Waals surface area contributed by atoms with E-state index >= 15 is 0 Å². The zero-order chi connectivity index (χ0) is 18.4. The Hall–Kier alpha value is -3.62. The molecular weight excluding hydrogens is 330 g/mol. The zero-order valence-corrected chi connectivity index (χ0v) is 13.2. The minimum atomic E-state index is -0.871. The minimum absolute atomic E-state index is 0.0719. The van der Waals surface area contributed by atoms with Crippen molar-refractivity contribution in [2.75, 3.05) is 24.8 Å². The van der Waals surface area contributed by atoms with Crippen LogP contribution in [0.3, 0.4) is 0 Å². The molecule has 0 aliphatic heterocycles. The van der Waals surface area contributed by atoms with Crippen LogP contribution >= 0.6 is 0 Å². The van der Waals surface area contributed by atoms with Gasteiger partial charge in [-0.3, -0.25) is 14.9 Å². The lowest BCUT2D eigenvalue weighted by Gasteiger charge is -2.08. The summed E-state index contributed by atoms with van der Waals surface area (Å²) >= 11 is 0. The van der Waals surface area contributed by atoms with E-state index in [2.05, 4.69) is 5.32 Å². The first-order valence-corrected chi connectivity index (χ1v) is 7.05. The summed E-state index contributed by atoms with van der Waals surface area (Å²) in [5.41, 5.74) is 5.38. The summed E-state index contributed by atoms with van der Waals surface area (Å²) in [5.74, 6) is -0.876. The van der Waals surface area contributed by atoms with Gasteiger partial charge in [-0.2, -0.15) is 0 Å². The van der Waals surface area contributed by atoms with Crippen LogP contribution in [0.2, 0.25) is 0 Å². The maximum Gasteiger partial charge on any atom is 0.338 e. The summed E-state index contributed by atoms with van der Waals surface area (Å²) in [5, 5.41) is 13.4. The van der Waals surface area contributed by atoms with Crippen molar-refractivity contribution in [1.82, 2.24) is 0 Å². The van der Waals surface area contributed by atoms with E-state index in [1.54, 1.807) is 24.3 Å². The van der Waals surface area contributed by atoms with E-state index in [0.29, 0.717) is 11.4 Å². The van der Waals surface area contributed by atoms with E-state index in [0.717, 1.165) is 6.07 Å². The van der Waals surface area contributed by atoms with Crippen molar-refractivity contribution >= 4 is 28.9 Å². The number of nitrogens with one attached hydrogen (secondary N) is 1. The molecule has 0 aliphatic rings. The number of methoxy groups -OCH3 is 1. The highest BCUT2D eigenvalue weighted by molar-refractivity contribution is 5.96. The lowest BCUT2D eigenvalue weighted by atomic mass is 10.2. The van der Waals surface area contributed by atoms with E-state index in [1.165, 1.54) is 19.2 Å². The first-order valence-electron chi connectivity index (χ1n) is 7.05. The standard InChI is InChI=1S/C16H15N3O6/c1-24-12-4-2-3-11(8-12)18-15(20)9-25-16(21)10-5-6-13(17)14(7-10)19(22)23/h2-8H,9,17H2,1H3,(H,18,20). The van der Waals surface area contributed by atoms with Gasteiger partial charge in [-0.25, -0.2) is 4.79 Å². The number of esters is 1. The molecule has 130 valence electrons. The largest absolute Gasteiger partial charge is 0.497 e. The average Bonchev–Trinajstić information content (AvgIpc) is 2.60. The molecule has 2 aromatic carbocycles. The van der Waals surface area contributed by atoms with Crippen molar-refractivity contribution < 1.29 is 24.0 Å². The maximum absolute atomic E-state index is 11.9. The molecule has 0 saturated heterocycles. The molecule has 0 spiro atoms. The Kier molecular flexibility index (Phi) is 5.51. The number of hydrogen-bond donors (Lipinski definition) is 2. The molecule has 0 fully saturated rings. The van der Waals surface area contributed by atoms with Gasteiger partial charge in [-0.05, 0) is 24.3 Å². The molecule has 0 heterocycles. The number of benzene rings is 2. The molecule has 0 aromatic heterocycles. The highest BCUT2D eigenvalue weighted by atomic mass is 16.6. The maximum atomic E-state index is 11.9. The fourth-order valence-corrected chi connectivity index (χ4v) is 1.94. The van der Waals surface area contributed by atoms with Crippen LogP contribution in [0.1, 0.15) is 10.4 Å². The summed E-state index contributed by atoms with van der Waals surface area (Å²) in [6.45, 7) is -0.547. The molecule has 0 bridgehead atoms. The summed E-state index contributed by atoms with van der Waals surface area (Å²) in [6, 6.07) is 10.2.